The Kier molecular flexibility index (Phi) is 5.07. The Hall–Kier alpha value is -2.69. The molecule has 2 aromatic heterocycles. The van der Waals surface area contributed by atoms with Gasteiger partial charge in [-0.25, -0.2) is 0 Å². The van der Waals surface area contributed by atoms with Gasteiger partial charge >= 0.3 is 0 Å². The summed E-state index contributed by atoms with van der Waals surface area (Å²) in [7, 11) is 1.71. The van der Waals surface area contributed by atoms with E-state index in [0.29, 0.717) is 5.02 Å². The quantitative estimate of drug-likeness (QED) is 0.263. The molecule has 5 heteroatoms. The van der Waals surface area contributed by atoms with Crippen molar-refractivity contribution in [3.8, 4) is 5.75 Å². The van der Waals surface area contributed by atoms with Gasteiger partial charge in [0.15, 0.2) is 0 Å². The largest absolute Gasteiger partial charge is 0.495 e. The van der Waals surface area contributed by atoms with Crippen LogP contribution >= 0.6 is 27.5 Å². The average molecular weight is 494 g/mol. The van der Waals surface area contributed by atoms with Gasteiger partial charge in [-0.15, -0.1) is 0 Å². The molecule has 5 aromatic rings. The normalized spacial score (nSPS) is 11.7. The van der Waals surface area contributed by atoms with Gasteiger partial charge in [0.2, 0.25) is 0 Å². The van der Waals surface area contributed by atoms with Crippen LogP contribution in [0.5, 0.6) is 5.75 Å². The van der Waals surface area contributed by atoms with Crippen molar-refractivity contribution in [2.24, 2.45) is 0 Å². The number of halogens is 2. The number of fused-ring (bicyclic) bond motifs is 2. The standard InChI is InChI=1S/C26H22BrClN2O/c1-14-23(17-8-4-6-10-21(17)29-14)25(19-12-16(28)13-20(27)26(19)31-3)24-15(2)30-22-11-7-5-9-18(22)24/h4-13,25,29-30H,1-3H3. The van der Waals surface area contributed by atoms with Gasteiger partial charge in [0, 0.05) is 49.7 Å². The molecule has 0 bridgehead atoms. The minimum Gasteiger partial charge on any atom is -0.495 e. The number of para-hydroxylation sites is 2. The fourth-order valence-corrected chi connectivity index (χ4v) is 5.80. The highest BCUT2D eigenvalue weighted by Crippen LogP contribution is 2.47. The van der Waals surface area contributed by atoms with Crippen molar-refractivity contribution < 1.29 is 4.74 Å². The van der Waals surface area contributed by atoms with E-state index in [1.54, 1.807) is 7.11 Å². The number of aromatic nitrogens is 2. The van der Waals surface area contributed by atoms with Gasteiger partial charge in [-0.05, 0) is 65.2 Å². The summed E-state index contributed by atoms with van der Waals surface area (Å²) in [4.78, 5) is 7.16. The van der Waals surface area contributed by atoms with E-state index in [4.69, 9.17) is 16.3 Å². The highest BCUT2D eigenvalue weighted by molar-refractivity contribution is 9.10. The Morgan fingerprint density at radius 1 is 0.839 bits per heavy atom. The van der Waals surface area contributed by atoms with Crippen molar-refractivity contribution in [2.75, 3.05) is 7.11 Å². The van der Waals surface area contributed by atoms with E-state index < -0.39 is 0 Å². The van der Waals surface area contributed by atoms with Crippen LogP contribution in [-0.2, 0) is 0 Å². The first-order valence-corrected chi connectivity index (χ1v) is 11.3. The fourth-order valence-electron chi connectivity index (χ4n) is 4.81. The number of hydrogen-bond donors (Lipinski definition) is 2. The van der Waals surface area contributed by atoms with E-state index in [-0.39, 0.29) is 5.92 Å². The van der Waals surface area contributed by atoms with Crippen LogP contribution in [0.2, 0.25) is 5.02 Å². The summed E-state index contributed by atoms with van der Waals surface area (Å²) in [6, 6.07) is 20.8. The summed E-state index contributed by atoms with van der Waals surface area (Å²) in [6.07, 6.45) is 0. The van der Waals surface area contributed by atoms with Crippen molar-refractivity contribution in [1.82, 2.24) is 9.97 Å². The Balaban J connectivity index is 1.93. The molecule has 0 amide bonds. The van der Waals surface area contributed by atoms with Crippen molar-refractivity contribution in [2.45, 2.75) is 19.8 Å². The third kappa shape index (κ3) is 3.26. The second kappa shape index (κ2) is 7.77. The molecule has 0 spiro atoms. The molecule has 0 aliphatic heterocycles. The monoisotopic (exact) mass is 492 g/mol. The Labute approximate surface area is 194 Å². The van der Waals surface area contributed by atoms with Crippen molar-refractivity contribution >= 4 is 49.3 Å². The number of aromatic amines is 2. The van der Waals surface area contributed by atoms with E-state index in [1.165, 1.54) is 21.9 Å². The van der Waals surface area contributed by atoms with Crippen LogP contribution in [0.1, 0.15) is 34.0 Å². The molecule has 156 valence electrons. The zero-order valence-corrected chi connectivity index (χ0v) is 19.9. The van der Waals surface area contributed by atoms with Crippen LogP contribution in [0.4, 0.5) is 0 Å². The first-order chi connectivity index (χ1) is 15.0. The molecule has 0 unspecified atom stereocenters. The van der Waals surface area contributed by atoms with Gasteiger partial charge in [0.05, 0.1) is 11.6 Å². The van der Waals surface area contributed by atoms with E-state index in [9.17, 15) is 0 Å². The number of aryl methyl sites for hydroxylation is 2. The summed E-state index contributed by atoms with van der Waals surface area (Å²) in [6.45, 7) is 4.27. The first-order valence-electron chi connectivity index (χ1n) is 10.2. The summed E-state index contributed by atoms with van der Waals surface area (Å²) in [5, 5.41) is 3.07. The molecule has 0 fully saturated rings. The van der Waals surface area contributed by atoms with Crippen molar-refractivity contribution in [3.05, 3.63) is 98.2 Å². The minimum absolute atomic E-state index is 0.0720. The number of benzene rings is 3. The summed E-state index contributed by atoms with van der Waals surface area (Å²) in [5.74, 6) is 0.723. The Morgan fingerprint density at radius 2 is 1.35 bits per heavy atom. The number of nitrogens with one attached hydrogen (secondary N) is 2. The molecule has 3 nitrogen and oxygen atoms in total. The molecule has 0 radical (unpaired) electrons. The lowest BCUT2D eigenvalue weighted by molar-refractivity contribution is 0.406. The second-order valence-corrected chi connectivity index (χ2v) is 9.15. The molecule has 0 saturated heterocycles. The van der Waals surface area contributed by atoms with Crippen molar-refractivity contribution in [1.29, 1.82) is 0 Å². The van der Waals surface area contributed by atoms with E-state index in [1.807, 2.05) is 12.1 Å². The van der Waals surface area contributed by atoms with Gasteiger partial charge in [0.1, 0.15) is 5.75 Å². The van der Waals surface area contributed by atoms with Gasteiger partial charge in [0.25, 0.3) is 0 Å². The van der Waals surface area contributed by atoms with Gasteiger partial charge < -0.3 is 14.7 Å². The van der Waals surface area contributed by atoms with Gasteiger partial charge in [-0.3, -0.25) is 0 Å². The summed E-state index contributed by atoms with van der Waals surface area (Å²) < 4.78 is 6.73. The number of rotatable bonds is 4. The highest BCUT2D eigenvalue weighted by atomic mass is 79.9. The third-order valence-electron chi connectivity index (χ3n) is 6.02. The molecule has 0 saturated carbocycles. The lowest BCUT2D eigenvalue weighted by Crippen LogP contribution is -2.08. The van der Waals surface area contributed by atoms with Crippen LogP contribution in [0.25, 0.3) is 21.8 Å². The van der Waals surface area contributed by atoms with Crippen molar-refractivity contribution in [3.63, 3.8) is 0 Å². The van der Waals surface area contributed by atoms with E-state index in [0.717, 1.165) is 38.2 Å². The van der Waals surface area contributed by atoms with E-state index in [2.05, 4.69) is 88.3 Å². The number of hydrogen-bond acceptors (Lipinski definition) is 1. The van der Waals surface area contributed by atoms with Crippen LogP contribution in [0, 0.1) is 13.8 Å². The predicted molar refractivity (Wildman–Crippen MR) is 133 cm³/mol. The number of methoxy groups -OCH3 is 1. The highest BCUT2D eigenvalue weighted by Gasteiger charge is 2.30. The summed E-state index contributed by atoms with van der Waals surface area (Å²) in [5.41, 5.74) is 8.01. The second-order valence-electron chi connectivity index (χ2n) is 7.86. The van der Waals surface area contributed by atoms with Crippen LogP contribution in [-0.4, -0.2) is 17.1 Å². The number of H-pyrrole nitrogens is 2. The molecule has 31 heavy (non-hydrogen) atoms. The molecule has 0 aliphatic carbocycles. The SMILES string of the molecule is COc1c(Br)cc(Cl)cc1C(c1c(C)[nH]c2ccccc12)c1c(C)[nH]c2ccccc12. The van der Waals surface area contributed by atoms with Crippen LogP contribution in [0.15, 0.2) is 65.1 Å². The minimum atomic E-state index is -0.0720. The molecule has 5 rings (SSSR count). The lowest BCUT2D eigenvalue weighted by Gasteiger charge is -2.23. The molecule has 0 aliphatic rings. The molecule has 3 aromatic carbocycles. The van der Waals surface area contributed by atoms with Crippen LogP contribution in [0.3, 0.4) is 0 Å². The molecule has 0 atom stereocenters. The predicted octanol–water partition coefficient (Wildman–Crippen LogP) is 7.87. The fraction of sp³-hybridized carbons (Fsp3) is 0.154. The van der Waals surface area contributed by atoms with Gasteiger partial charge in [-0.1, -0.05) is 48.0 Å². The van der Waals surface area contributed by atoms with Crippen LogP contribution < -0.4 is 4.74 Å². The van der Waals surface area contributed by atoms with E-state index >= 15 is 0 Å². The number of ether oxygens (including phenoxy) is 1. The zero-order valence-electron chi connectivity index (χ0n) is 17.5. The molecule has 2 heterocycles. The maximum atomic E-state index is 6.56. The first kappa shape index (κ1) is 20.2. The Bertz CT molecular complexity index is 1350. The Morgan fingerprint density at radius 3 is 1.87 bits per heavy atom. The maximum Gasteiger partial charge on any atom is 0.137 e. The smallest absolute Gasteiger partial charge is 0.137 e. The maximum absolute atomic E-state index is 6.56. The van der Waals surface area contributed by atoms with Gasteiger partial charge in [-0.2, -0.15) is 0 Å². The lowest BCUT2D eigenvalue weighted by atomic mass is 9.81. The third-order valence-corrected chi connectivity index (χ3v) is 6.82. The summed E-state index contributed by atoms with van der Waals surface area (Å²) >= 11 is 10.2. The average Bonchev–Trinajstić information content (AvgIpc) is 3.25. The molecule has 2 N–H and O–H groups in total. The zero-order chi connectivity index (χ0) is 21.7. The molecular formula is C26H22BrClN2O. The topological polar surface area (TPSA) is 40.8 Å². The molecular weight excluding hydrogens is 472 g/mol.